The summed E-state index contributed by atoms with van der Waals surface area (Å²) in [6.07, 6.45) is 4.90. The molecule has 0 N–H and O–H groups in total. The van der Waals surface area contributed by atoms with E-state index in [1.54, 1.807) is 0 Å². The summed E-state index contributed by atoms with van der Waals surface area (Å²) in [5.41, 5.74) is 0.287. The molecule has 0 spiro atoms. The first-order valence-corrected chi connectivity index (χ1v) is 6.10. The molecule has 4 heteroatoms. The summed E-state index contributed by atoms with van der Waals surface area (Å²) < 4.78 is 0. The first kappa shape index (κ1) is 8.36. The van der Waals surface area contributed by atoms with E-state index in [1.807, 2.05) is 0 Å². The monoisotopic (exact) mass is 204 g/mol. The van der Waals surface area contributed by atoms with Gasteiger partial charge in [-0.25, -0.2) is 0 Å². The van der Waals surface area contributed by atoms with Gasteiger partial charge in [-0.2, -0.15) is 20.5 Å². The Balaban J connectivity index is 1.89. The minimum Gasteiger partial charge on any atom is -0.190 e. The Morgan fingerprint density at radius 1 is 0.800 bits per heavy atom. The number of nitrogens with zero attached hydrogens (tertiary/aromatic N) is 4. The van der Waals surface area contributed by atoms with Crippen molar-refractivity contribution in [1.29, 1.82) is 0 Å². The van der Waals surface area contributed by atoms with Gasteiger partial charge < -0.3 is 0 Å². The molecule has 6 rings (SSSR count). The van der Waals surface area contributed by atoms with Crippen LogP contribution < -0.4 is 0 Å². The SMILES string of the molecule is CC12C([C@@H]3CC[C@H]1N=N3)[C@H]1CC[C@@H]2N=N1. The summed E-state index contributed by atoms with van der Waals surface area (Å²) in [6.45, 7) is 2.39. The molecule has 0 aromatic rings. The molecule has 2 saturated carbocycles. The normalized spacial score (nSPS) is 59.7. The topological polar surface area (TPSA) is 49.4 Å². The molecule has 2 fully saturated rings. The van der Waals surface area contributed by atoms with Crippen LogP contribution in [0.1, 0.15) is 32.6 Å². The van der Waals surface area contributed by atoms with Gasteiger partial charge in [0.1, 0.15) is 0 Å². The lowest BCUT2D eigenvalue weighted by Crippen LogP contribution is -2.63. The zero-order chi connectivity index (χ0) is 10.0. The standard InChI is InChI=1S/C11H16N4/c1-11-8-4-2-6(12-14-8)10(11)7-3-5-9(11)15-13-7/h6-10H,2-5H2,1H3/t6-,7+,8+,9-,10?,11?. The molecule has 15 heavy (non-hydrogen) atoms. The van der Waals surface area contributed by atoms with Crippen LogP contribution in [0, 0.1) is 11.3 Å². The fourth-order valence-electron chi connectivity index (χ4n) is 4.35. The molecule has 0 radical (unpaired) electrons. The molecule has 4 heterocycles. The highest BCUT2D eigenvalue weighted by molar-refractivity contribution is 5.16. The first-order chi connectivity index (χ1) is 7.30. The van der Waals surface area contributed by atoms with Crippen LogP contribution in [-0.4, -0.2) is 24.2 Å². The van der Waals surface area contributed by atoms with Crippen LogP contribution in [0.4, 0.5) is 0 Å². The van der Waals surface area contributed by atoms with Crippen LogP contribution in [0.5, 0.6) is 0 Å². The van der Waals surface area contributed by atoms with E-state index < -0.39 is 0 Å². The number of hydrogen-bond acceptors (Lipinski definition) is 4. The zero-order valence-corrected chi connectivity index (χ0v) is 9.00. The molecule has 80 valence electrons. The second-order valence-electron chi connectivity index (χ2n) is 5.67. The number of rotatable bonds is 0. The van der Waals surface area contributed by atoms with Crippen molar-refractivity contribution in [3.8, 4) is 0 Å². The minimum atomic E-state index is 0.287. The van der Waals surface area contributed by atoms with E-state index in [2.05, 4.69) is 27.4 Å². The number of hydrogen-bond donors (Lipinski definition) is 0. The van der Waals surface area contributed by atoms with Crippen LogP contribution in [0.15, 0.2) is 20.5 Å². The van der Waals surface area contributed by atoms with E-state index in [1.165, 1.54) is 25.7 Å². The molecule has 0 saturated heterocycles. The van der Waals surface area contributed by atoms with E-state index in [-0.39, 0.29) is 5.41 Å². The second kappa shape index (κ2) is 2.47. The summed E-state index contributed by atoms with van der Waals surface area (Å²) in [7, 11) is 0. The Kier molecular flexibility index (Phi) is 1.38. The van der Waals surface area contributed by atoms with Crippen molar-refractivity contribution in [2.24, 2.45) is 31.8 Å². The van der Waals surface area contributed by atoms with Crippen molar-refractivity contribution in [2.75, 3.05) is 0 Å². The number of azo groups is 2. The summed E-state index contributed by atoms with van der Waals surface area (Å²) in [4.78, 5) is 0. The lowest BCUT2D eigenvalue weighted by Gasteiger charge is -2.59. The van der Waals surface area contributed by atoms with Gasteiger partial charge in [0.25, 0.3) is 0 Å². The fraction of sp³-hybridized carbons (Fsp3) is 1.00. The molecule has 6 atom stereocenters. The molecular formula is C11H16N4. The zero-order valence-electron chi connectivity index (χ0n) is 9.00. The Morgan fingerprint density at radius 2 is 1.33 bits per heavy atom. The quantitative estimate of drug-likeness (QED) is 0.582. The van der Waals surface area contributed by atoms with Crippen LogP contribution in [0.3, 0.4) is 0 Å². The Hall–Kier alpha value is -0.800. The van der Waals surface area contributed by atoms with E-state index in [4.69, 9.17) is 0 Å². The van der Waals surface area contributed by atoms with Crippen molar-refractivity contribution in [1.82, 2.24) is 0 Å². The maximum Gasteiger partial charge on any atom is 0.0788 e. The average molecular weight is 204 g/mol. The van der Waals surface area contributed by atoms with E-state index >= 15 is 0 Å². The summed E-state index contributed by atoms with van der Waals surface area (Å²) in [6, 6.07) is 1.76. The van der Waals surface area contributed by atoms with Crippen LogP contribution in [-0.2, 0) is 0 Å². The molecule has 4 nitrogen and oxygen atoms in total. The van der Waals surface area contributed by atoms with Gasteiger partial charge in [-0.05, 0) is 25.7 Å². The third-order valence-corrected chi connectivity index (χ3v) is 5.16. The second-order valence-corrected chi connectivity index (χ2v) is 5.67. The third-order valence-electron chi connectivity index (χ3n) is 5.16. The molecule has 2 unspecified atom stereocenters. The Bertz CT molecular complexity index is 332. The minimum absolute atomic E-state index is 0.287. The first-order valence-electron chi connectivity index (χ1n) is 6.10. The predicted octanol–water partition coefficient (Wildman–Crippen LogP) is 2.60. The third kappa shape index (κ3) is 0.810. The molecule has 0 aromatic heterocycles. The number of fused-ring (bicyclic) bond motifs is 2. The molecule has 6 aliphatic rings. The van der Waals surface area contributed by atoms with Crippen molar-refractivity contribution >= 4 is 0 Å². The van der Waals surface area contributed by atoms with Gasteiger partial charge in [0.15, 0.2) is 0 Å². The van der Waals surface area contributed by atoms with Crippen molar-refractivity contribution < 1.29 is 0 Å². The highest BCUT2D eigenvalue weighted by atomic mass is 15.3. The largest absolute Gasteiger partial charge is 0.190 e. The summed E-state index contributed by atoms with van der Waals surface area (Å²) in [5, 5.41) is 17.9. The van der Waals surface area contributed by atoms with Crippen molar-refractivity contribution in [3.05, 3.63) is 0 Å². The molecule has 2 aliphatic carbocycles. The van der Waals surface area contributed by atoms with Crippen LogP contribution >= 0.6 is 0 Å². The lowest BCUT2D eigenvalue weighted by molar-refractivity contribution is -0.0487. The molecular weight excluding hydrogens is 188 g/mol. The molecule has 4 bridgehead atoms. The maximum atomic E-state index is 4.50. The highest BCUT2D eigenvalue weighted by Gasteiger charge is 2.62. The molecule has 0 aromatic carbocycles. The highest BCUT2D eigenvalue weighted by Crippen LogP contribution is 2.58. The van der Waals surface area contributed by atoms with Crippen LogP contribution in [0.25, 0.3) is 0 Å². The fourth-order valence-corrected chi connectivity index (χ4v) is 4.35. The van der Waals surface area contributed by atoms with Gasteiger partial charge in [-0.1, -0.05) is 6.92 Å². The maximum absolute atomic E-state index is 4.50. The lowest BCUT2D eigenvalue weighted by atomic mass is 9.52. The van der Waals surface area contributed by atoms with Gasteiger partial charge in [0.2, 0.25) is 0 Å². The van der Waals surface area contributed by atoms with Crippen LogP contribution in [0.2, 0.25) is 0 Å². The van der Waals surface area contributed by atoms with Gasteiger partial charge in [-0.15, -0.1) is 0 Å². The molecule has 0 amide bonds. The van der Waals surface area contributed by atoms with Gasteiger partial charge in [0.05, 0.1) is 24.2 Å². The average Bonchev–Trinajstić information content (AvgIpc) is 2.31. The molecule has 4 aliphatic heterocycles. The predicted molar refractivity (Wildman–Crippen MR) is 54.9 cm³/mol. The van der Waals surface area contributed by atoms with Gasteiger partial charge in [-0.3, -0.25) is 0 Å². The Labute approximate surface area is 89.3 Å². The summed E-state index contributed by atoms with van der Waals surface area (Å²) >= 11 is 0. The Morgan fingerprint density at radius 3 is 1.67 bits per heavy atom. The van der Waals surface area contributed by atoms with E-state index in [0.29, 0.717) is 30.1 Å². The summed E-state index contributed by atoms with van der Waals surface area (Å²) in [5.74, 6) is 0.644. The van der Waals surface area contributed by atoms with Gasteiger partial charge in [0, 0.05) is 11.3 Å². The van der Waals surface area contributed by atoms with Crippen molar-refractivity contribution in [2.45, 2.75) is 56.8 Å². The van der Waals surface area contributed by atoms with E-state index in [9.17, 15) is 0 Å². The van der Waals surface area contributed by atoms with Crippen molar-refractivity contribution in [3.63, 3.8) is 0 Å². The smallest absolute Gasteiger partial charge is 0.0788 e. The van der Waals surface area contributed by atoms with E-state index in [0.717, 1.165) is 0 Å². The van der Waals surface area contributed by atoms with Gasteiger partial charge >= 0.3 is 0 Å².